The zero-order valence-corrected chi connectivity index (χ0v) is 11.2. The number of H-pyrrole nitrogens is 1. The van der Waals surface area contributed by atoms with Crippen molar-refractivity contribution >= 4 is 12.2 Å². The molecule has 1 unspecified atom stereocenters. The minimum atomic E-state index is -1.000. The zero-order valence-electron chi connectivity index (χ0n) is 11.2. The van der Waals surface area contributed by atoms with Crippen LogP contribution in [-0.4, -0.2) is 27.5 Å². The number of carbonyl (C=O) groups is 1. The number of hydrogen-bond donors (Lipinski definition) is 2. The summed E-state index contributed by atoms with van der Waals surface area (Å²) in [5, 5.41) is 15.5. The van der Waals surface area contributed by atoms with Gasteiger partial charge in [0.1, 0.15) is 0 Å². The van der Waals surface area contributed by atoms with Crippen LogP contribution >= 0.6 is 0 Å². The van der Waals surface area contributed by atoms with Crippen molar-refractivity contribution < 1.29 is 9.90 Å². The van der Waals surface area contributed by atoms with Gasteiger partial charge in [-0.15, -0.1) is 0 Å². The Hall–Kier alpha value is -1.91. The molecule has 1 aromatic heterocycles. The zero-order chi connectivity index (χ0) is 13.7. The van der Waals surface area contributed by atoms with Gasteiger partial charge in [0.2, 0.25) is 0 Å². The lowest BCUT2D eigenvalue weighted by molar-refractivity contribution is 0.0689. The molecule has 98 valence electrons. The van der Waals surface area contributed by atoms with Crippen LogP contribution in [-0.2, 0) is 6.42 Å². The van der Waals surface area contributed by atoms with Crippen molar-refractivity contribution in [3.05, 3.63) is 28.7 Å². The van der Waals surface area contributed by atoms with Gasteiger partial charge in [-0.25, -0.2) is 4.79 Å². The number of carboxylic acids is 1. The van der Waals surface area contributed by atoms with Crippen LogP contribution in [0.15, 0.2) is 16.8 Å². The van der Waals surface area contributed by atoms with E-state index in [2.05, 4.69) is 22.1 Å². The highest BCUT2D eigenvalue weighted by Crippen LogP contribution is 2.20. The molecule has 5 heteroatoms. The van der Waals surface area contributed by atoms with Gasteiger partial charge in [0, 0.05) is 29.1 Å². The molecule has 0 aliphatic carbocycles. The number of carboxylic acid groups (broad SMARTS) is 1. The van der Waals surface area contributed by atoms with E-state index in [1.165, 1.54) is 0 Å². The van der Waals surface area contributed by atoms with Gasteiger partial charge < -0.3 is 5.11 Å². The van der Waals surface area contributed by atoms with E-state index in [-0.39, 0.29) is 11.6 Å². The van der Waals surface area contributed by atoms with Gasteiger partial charge >= 0.3 is 5.97 Å². The van der Waals surface area contributed by atoms with Gasteiger partial charge in [0.15, 0.2) is 5.69 Å². The summed E-state index contributed by atoms with van der Waals surface area (Å²) < 4.78 is 0. The Balaban J connectivity index is 2.88. The summed E-state index contributed by atoms with van der Waals surface area (Å²) in [5.74, 6) is -0.785. The van der Waals surface area contributed by atoms with Gasteiger partial charge in [-0.2, -0.15) is 5.10 Å². The molecular weight excluding hydrogens is 230 g/mol. The molecule has 2 N–H and O–H groups in total. The Kier molecular flexibility index (Phi) is 4.83. The van der Waals surface area contributed by atoms with Crippen molar-refractivity contribution in [1.82, 2.24) is 10.2 Å². The van der Waals surface area contributed by atoms with Gasteiger partial charge in [-0.1, -0.05) is 13.0 Å². The SMILES string of the molecule is CC=N/C(=C\C)C(C)Cc1[nH]nc(C(=O)O)c1C. The predicted octanol–water partition coefficient (Wildman–Crippen LogP) is 2.59. The monoisotopic (exact) mass is 249 g/mol. The molecule has 0 amide bonds. The fourth-order valence-electron chi connectivity index (χ4n) is 1.89. The summed E-state index contributed by atoms with van der Waals surface area (Å²) in [5.41, 5.74) is 2.64. The first-order valence-electron chi connectivity index (χ1n) is 5.93. The average Bonchev–Trinajstić information content (AvgIpc) is 2.68. The summed E-state index contributed by atoms with van der Waals surface area (Å²) in [4.78, 5) is 15.2. The summed E-state index contributed by atoms with van der Waals surface area (Å²) in [6.07, 6.45) is 4.42. The number of aromatic carboxylic acids is 1. The summed E-state index contributed by atoms with van der Waals surface area (Å²) in [6.45, 7) is 7.65. The van der Waals surface area contributed by atoms with Crippen molar-refractivity contribution in [1.29, 1.82) is 0 Å². The summed E-state index contributed by atoms with van der Waals surface area (Å²) >= 11 is 0. The van der Waals surface area contributed by atoms with E-state index in [1.807, 2.05) is 19.9 Å². The minimum Gasteiger partial charge on any atom is -0.476 e. The number of rotatable bonds is 5. The third kappa shape index (κ3) is 3.06. The van der Waals surface area contributed by atoms with Crippen LogP contribution in [0.25, 0.3) is 0 Å². The first-order valence-corrected chi connectivity index (χ1v) is 5.93. The average molecular weight is 249 g/mol. The Morgan fingerprint density at radius 3 is 2.67 bits per heavy atom. The summed E-state index contributed by atoms with van der Waals surface area (Å²) in [7, 11) is 0. The Morgan fingerprint density at radius 1 is 1.56 bits per heavy atom. The lowest BCUT2D eigenvalue weighted by atomic mass is 9.99. The normalized spacial score (nSPS) is 14.1. The van der Waals surface area contributed by atoms with E-state index >= 15 is 0 Å². The molecule has 0 fully saturated rings. The van der Waals surface area contributed by atoms with Crippen LogP contribution in [0.5, 0.6) is 0 Å². The van der Waals surface area contributed by atoms with Crippen LogP contribution in [0.2, 0.25) is 0 Å². The first-order chi connectivity index (χ1) is 8.51. The second-order valence-electron chi connectivity index (χ2n) is 4.19. The number of nitrogens with one attached hydrogen (secondary N) is 1. The van der Waals surface area contributed by atoms with Crippen LogP contribution in [0.1, 0.15) is 42.5 Å². The third-order valence-electron chi connectivity index (χ3n) is 2.90. The highest BCUT2D eigenvalue weighted by atomic mass is 16.4. The topological polar surface area (TPSA) is 78.3 Å². The third-order valence-corrected chi connectivity index (χ3v) is 2.90. The molecule has 1 heterocycles. The van der Waals surface area contributed by atoms with Crippen molar-refractivity contribution in [3.63, 3.8) is 0 Å². The maximum absolute atomic E-state index is 10.9. The van der Waals surface area contributed by atoms with E-state index in [0.717, 1.165) is 11.4 Å². The number of nitrogens with zero attached hydrogens (tertiary/aromatic N) is 2. The van der Waals surface area contributed by atoms with E-state index in [9.17, 15) is 4.79 Å². The fourth-order valence-corrected chi connectivity index (χ4v) is 1.89. The van der Waals surface area contributed by atoms with E-state index in [0.29, 0.717) is 12.0 Å². The van der Waals surface area contributed by atoms with Crippen molar-refractivity contribution in [2.45, 2.75) is 34.1 Å². The molecule has 0 saturated heterocycles. The maximum Gasteiger partial charge on any atom is 0.356 e. The largest absolute Gasteiger partial charge is 0.476 e. The minimum absolute atomic E-state index is 0.0956. The first kappa shape index (κ1) is 14.2. The molecular formula is C13H19N3O2. The number of aromatic nitrogens is 2. The second-order valence-corrected chi connectivity index (χ2v) is 4.19. The predicted molar refractivity (Wildman–Crippen MR) is 71.1 cm³/mol. The highest BCUT2D eigenvalue weighted by molar-refractivity contribution is 5.87. The Bertz CT molecular complexity index is 486. The molecule has 0 radical (unpaired) electrons. The van der Waals surface area contributed by atoms with Gasteiger partial charge in [-0.05, 0) is 27.2 Å². The van der Waals surface area contributed by atoms with Crippen molar-refractivity contribution in [2.24, 2.45) is 10.9 Å². The van der Waals surface area contributed by atoms with Gasteiger partial charge in [0.05, 0.1) is 0 Å². The van der Waals surface area contributed by atoms with Crippen LogP contribution < -0.4 is 0 Å². The van der Waals surface area contributed by atoms with Crippen molar-refractivity contribution in [3.8, 4) is 0 Å². The fraction of sp³-hybridized carbons (Fsp3) is 0.462. The molecule has 0 spiro atoms. The van der Waals surface area contributed by atoms with Crippen LogP contribution in [0, 0.1) is 12.8 Å². The quantitative estimate of drug-likeness (QED) is 0.787. The van der Waals surface area contributed by atoms with Crippen LogP contribution in [0.3, 0.4) is 0 Å². The van der Waals surface area contributed by atoms with Gasteiger partial charge in [0.25, 0.3) is 0 Å². The molecule has 0 aromatic carbocycles. The van der Waals surface area contributed by atoms with Crippen molar-refractivity contribution in [2.75, 3.05) is 0 Å². The molecule has 0 bridgehead atoms. The van der Waals surface area contributed by atoms with E-state index < -0.39 is 5.97 Å². The van der Waals surface area contributed by atoms with E-state index in [4.69, 9.17) is 5.11 Å². The molecule has 0 aliphatic rings. The lowest BCUT2D eigenvalue weighted by Gasteiger charge is -2.11. The number of allylic oxidation sites excluding steroid dienone is 2. The molecule has 5 nitrogen and oxygen atoms in total. The number of aliphatic imine (C=N–C) groups is 1. The lowest BCUT2D eigenvalue weighted by Crippen LogP contribution is -2.04. The molecule has 1 aromatic rings. The number of aromatic amines is 1. The Labute approximate surface area is 107 Å². The van der Waals surface area contributed by atoms with E-state index in [1.54, 1.807) is 13.1 Å². The van der Waals surface area contributed by atoms with Crippen LogP contribution in [0.4, 0.5) is 0 Å². The molecule has 1 atom stereocenters. The standard InChI is InChI=1S/C13H19N3O2/c1-5-10(14-6-2)8(3)7-11-9(4)12(13(17)18)16-15-11/h5-6,8H,7H2,1-4H3,(H,15,16)(H,17,18)/b10-5-,14-6?. The van der Waals surface area contributed by atoms with Gasteiger partial charge in [-0.3, -0.25) is 10.1 Å². The maximum atomic E-state index is 10.9. The Morgan fingerprint density at radius 2 is 2.22 bits per heavy atom. The molecule has 1 rings (SSSR count). The molecule has 18 heavy (non-hydrogen) atoms. The second kappa shape index (κ2) is 6.14. The summed E-state index contributed by atoms with van der Waals surface area (Å²) in [6, 6.07) is 0. The molecule has 0 aliphatic heterocycles. The smallest absolute Gasteiger partial charge is 0.356 e. The highest BCUT2D eigenvalue weighted by Gasteiger charge is 2.17. The number of hydrogen-bond acceptors (Lipinski definition) is 3. The molecule has 0 saturated carbocycles.